The summed E-state index contributed by atoms with van der Waals surface area (Å²) in [5.74, 6) is -0.133. The van der Waals surface area contributed by atoms with E-state index in [2.05, 4.69) is 12.2 Å². The summed E-state index contributed by atoms with van der Waals surface area (Å²) < 4.78 is 0. The molecule has 0 bridgehead atoms. The van der Waals surface area contributed by atoms with Gasteiger partial charge >= 0.3 is 0 Å². The van der Waals surface area contributed by atoms with Crippen LogP contribution in [0.15, 0.2) is 18.2 Å². The summed E-state index contributed by atoms with van der Waals surface area (Å²) >= 11 is 5.78. The largest absolute Gasteiger partial charge is 0.506 e. The lowest BCUT2D eigenvalue weighted by Crippen LogP contribution is -2.43. The average Bonchev–Trinajstić information content (AvgIpc) is 2.69. The average molecular weight is 254 g/mol. The number of hydrogen-bond acceptors (Lipinski definition) is 2. The summed E-state index contributed by atoms with van der Waals surface area (Å²) in [6.07, 6.45) is 4.36. The number of hydrogen-bond donors (Lipinski definition) is 2. The van der Waals surface area contributed by atoms with Crippen LogP contribution in [0.25, 0.3) is 0 Å². The van der Waals surface area contributed by atoms with E-state index in [1.54, 1.807) is 6.07 Å². The fraction of sp³-hybridized carbons (Fsp3) is 0.462. The standard InChI is InChI=1S/C13H16ClNO2/c1-13(6-2-3-7-13)15-12(17)9-4-5-11(16)10(14)8-9/h4-5,8,16H,2-3,6-7H2,1H3,(H,15,17). The zero-order valence-electron chi connectivity index (χ0n) is 9.79. The summed E-state index contributed by atoms with van der Waals surface area (Å²) in [5.41, 5.74) is 0.391. The fourth-order valence-corrected chi connectivity index (χ4v) is 2.46. The van der Waals surface area contributed by atoms with Gasteiger partial charge in [0.1, 0.15) is 5.75 Å². The van der Waals surface area contributed by atoms with Crippen molar-refractivity contribution in [3.05, 3.63) is 28.8 Å². The van der Waals surface area contributed by atoms with Crippen molar-refractivity contribution in [3.63, 3.8) is 0 Å². The van der Waals surface area contributed by atoms with E-state index in [0.29, 0.717) is 5.56 Å². The molecule has 0 aromatic heterocycles. The van der Waals surface area contributed by atoms with Crippen molar-refractivity contribution in [1.29, 1.82) is 0 Å². The topological polar surface area (TPSA) is 49.3 Å². The summed E-state index contributed by atoms with van der Waals surface area (Å²) in [6.45, 7) is 2.07. The monoisotopic (exact) mass is 253 g/mol. The molecule has 1 amide bonds. The molecule has 4 heteroatoms. The van der Waals surface area contributed by atoms with Crippen LogP contribution in [0.4, 0.5) is 0 Å². The van der Waals surface area contributed by atoms with Gasteiger partial charge in [-0.05, 0) is 38.0 Å². The third kappa shape index (κ3) is 2.72. The highest BCUT2D eigenvalue weighted by Gasteiger charge is 2.30. The molecule has 1 saturated carbocycles. The molecule has 0 radical (unpaired) electrons. The number of aromatic hydroxyl groups is 1. The molecule has 2 N–H and O–H groups in total. The van der Waals surface area contributed by atoms with Crippen LogP contribution in [0.5, 0.6) is 5.75 Å². The minimum absolute atomic E-state index is 0.00436. The molecule has 2 rings (SSSR count). The zero-order valence-corrected chi connectivity index (χ0v) is 10.5. The van der Waals surface area contributed by atoms with Gasteiger partial charge in [-0.15, -0.1) is 0 Å². The lowest BCUT2D eigenvalue weighted by atomic mass is 10.00. The lowest BCUT2D eigenvalue weighted by Gasteiger charge is -2.25. The third-order valence-corrected chi connectivity index (χ3v) is 3.64. The van der Waals surface area contributed by atoms with Crippen molar-refractivity contribution < 1.29 is 9.90 Å². The van der Waals surface area contributed by atoms with Crippen molar-refractivity contribution in [2.75, 3.05) is 0 Å². The highest BCUT2D eigenvalue weighted by molar-refractivity contribution is 6.32. The Morgan fingerprint density at radius 2 is 2.06 bits per heavy atom. The first-order chi connectivity index (χ1) is 8.00. The van der Waals surface area contributed by atoms with Crippen molar-refractivity contribution in [3.8, 4) is 5.75 Å². The SMILES string of the molecule is CC1(NC(=O)c2ccc(O)c(Cl)c2)CCCC1. The van der Waals surface area contributed by atoms with E-state index in [1.165, 1.54) is 12.1 Å². The van der Waals surface area contributed by atoms with Gasteiger partial charge in [-0.1, -0.05) is 24.4 Å². The van der Waals surface area contributed by atoms with Crippen LogP contribution in [-0.2, 0) is 0 Å². The van der Waals surface area contributed by atoms with Crippen molar-refractivity contribution >= 4 is 17.5 Å². The molecule has 0 unspecified atom stereocenters. The Morgan fingerprint density at radius 1 is 1.41 bits per heavy atom. The Kier molecular flexibility index (Phi) is 3.29. The van der Waals surface area contributed by atoms with Gasteiger partial charge in [0.25, 0.3) is 5.91 Å². The molecule has 1 aliphatic rings. The molecule has 92 valence electrons. The van der Waals surface area contributed by atoms with Crippen molar-refractivity contribution in [2.24, 2.45) is 0 Å². The number of amides is 1. The quantitative estimate of drug-likeness (QED) is 0.851. The normalized spacial score (nSPS) is 18.0. The highest BCUT2D eigenvalue weighted by Crippen LogP contribution is 2.30. The number of nitrogens with one attached hydrogen (secondary N) is 1. The number of phenols is 1. The first-order valence-electron chi connectivity index (χ1n) is 5.81. The molecule has 3 nitrogen and oxygen atoms in total. The molecule has 1 aromatic carbocycles. The maximum atomic E-state index is 12.0. The second kappa shape index (κ2) is 4.57. The molecule has 0 aliphatic heterocycles. The minimum Gasteiger partial charge on any atom is -0.506 e. The minimum atomic E-state index is -0.128. The molecule has 0 heterocycles. The van der Waals surface area contributed by atoms with Gasteiger partial charge in [-0.2, -0.15) is 0 Å². The molecule has 17 heavy (non-hydrogen) atoms. The van der Waals surface area contributed by atoms with Crippen LogP contribution in [-0.4, -0.2) is 16.6 Å². The summed E-state index contributed by atoms with van der Waals surface area (Å²) in [5, 5.41) is 12.5. The van der Waals surface area contributed by atoms with Crippen LogP contribution < -0.4 is 5.32 Å². The van der Waals surface area contributed by atoms with Crippen LogP contribution >= 0.6 is 11.6 Å². The second-order valence-electron chi connectivity index (χ2n) is 4.89. The van der Waals surface area contributed by atoms with Crippen molar-refractivity contribution in [2.45, 2.75) is 38.1 Å². The number of rotatable bonds is 2. The van der Waals surface area contributed by atoms with Gasteiger partial charge in [-0.3, -0.25) is 4.79 Å². The molecule has 1 fully saturated rings. The van der Waals surface area contributed by atoms with E-state index in [-0.39, 0.29) is 22.2 Å². The summed E-state index contributed by atoms with van der Waals surface area (Å²) in [4.78, 5) is 12.0. The molecular formula is C13H16ClNO2. The second-order valence-corrected chi connectivity index (χ2v) is 5.30. The first kappa shape index (κ1) is 12.2. The number of benzene rings is 1. The fourth-order valence-electron chi connectivity index (χ4n) is 2.27. The number of halogens is 1. The summed E-state index contributed by atoms with van der Waals surface area (Å²) in [7, 11) is 0. The maximum Gasteiger partial charge on any atom is 0.251 e. The smallest absolute Gasteiger partial charge is 0.251 e. The van der Waals surface area contributed by atoms with Gasteiger partial charge < -0.3 is 10.4 Å². The molecule has 0 spiro atoms. The highest BCUT2D eigenvalue weighted by atomic mass is 35.5. The van der Waals surface area contributed by atoms with E-state index in [1.807, 2.05) is 0 Å². The van der Waals surface area contributed by atoms with E-state index in [9.17, 15) is 9.90 Å². The Labute approximate surface area is 106 Å². The number of carbonyl (C=O) groups is 1. The Hall–Kier alpha value is -1.22. The third-order valence-electron chi connectivity index (χ3n) is 3.33. The predicted molar refractivity (Wildman–Crippen MR) is 67.5 cm³/mol. The van der Waals surface area contributed by atoms with E-state index < -0.39 is 0 Å². The van der Waals surface area contributed by atoms with E-state index in [4.69, 9.17) is 11.6 Å². The zero-order chi connectivity index (χ0) is 12.5. The van der Waals surface area contributed by atoms with Gasteiger partial charge in [0.05, 0.1) is 5.02 Å². The maximum absolute atomic E-state index is 12.0. The van der Waals surface area contributed by atoms with Crippen LogP contribution in [0.3, 0.4) is 0 Å². The van der Waals surface area contributed by atoms with Gasteiger partial charge in [-0.25, -0.2) is 0 Å². The Morgan fingerprint density at radius 3 is 2.65 bits per heavy atom. The Balaban J connectivity index is 2.11. The van der Waals surface area contributed by atoms with Crippen LogP contribution in [0.1, 0.15) is 43.0 Å². The van der Waals surface area contributed by atoms with Gasteiger partial charge in [0.15, 0.2) is 0 Å². The lowest BCUT2D eigenvalue weighted by molar-refractivity contribution is 0.0908. The molecule has 0 saturated heterocycles. The summed E-state index contributed by atoms with van der Waals surface area (Å²) in [6, 6.07) is 4.51. The van der Waals surface area contributed by atoms with Crippen LogP contribution in [0, 0.1) is 0 Å². The molecule has 0 atom stereocenters. The molecular weight excluding hydrogens is 238 g/mol. The Bertz CT molecular complexity index is 439. The van der Waals surface area contributed by atoms with Gasteiger partial charge in [0.2, 0.25) is 0 Å². The first-order valence-corrected chi connectivity index (χ1v) is 6.19. The predicted octanol–water partition coefficient (Wildman–Crippen LogP) is 3.11. The van der Waals surface area contributed by atoms with E-state index in [0.717, 1.165) is 25.7 Å². The number of carbonyl (C=O) groups excluding carboxylic acids is 1. The van der Waals surface area contributed by atoms with E-state index >= 15 is 0 Å². The van der Waals surface area contributed by atoms with Gasteiger partial charge in [0, 0.05) is 11.1 Å². The van der Waals surface area contributed by atoms with Crippen molar-refractivity contribution in [1.82, 2.24) is 5.32 Å². The molecule has 1 aliphatic carbocycles. The number of phenolic OH excluding ortho intramolecular Hbond substituents is 1. The van der Waals surface area contributed by atoms with Crippen LogP contribution in [0.2, 0.25) is 5.02 Å². The molecule has 1 aromatic rings.